The average molecular weight is 339 g/mol. The van der Waals surface area contributed by atoms with Gasteiger partial charge < -0.3 is 10.0 Å². The van der Waals surface area contributed by atoms with Crippen molar-refractivity contribution >= 4 is 5.78 Å². The highest BCUT2D eigenvalue weighted by Crippen LogP contribution is 2.42. The van der Waals surface area contributed by atoms with Crippen LogP contribution in [0.2, 0.25) is 0 Å². The second-order valence-electron chi connectivity index (χ2n) is 7.78. The molecule has 1 unspecified atom stereocenters. The van der Waals surface area contributed by atoms with Crippen LogP contribution in [-0.4, -0.2) is 42.0 Å². The minimum Gasteiger partial charge on any atom is -0.388 e. The number of hydrogen-bond acceptors (Lipinski definition) is 3. The topological polar surface area (TPSA) is 40.5 Å². The van der Waals surface area contributed by atoms with Gasteiger partial charge in [-0.15, -0.1) is 0 Å². The van der Waals surface area contributed by atoms with Crippen molar-refractivity contribution in [3.05, 3.63) is 59.7 Å². The van der Waals surface area contributed by atoms with Crippen LogP contribution < -0.4 is 0 Å². The van der Waals surface area contributed by atoms with Gasteiger partial charge in [-0.2, -0.15) is 0 Å². The first kappa shape index (κ1) is 18.1. The maximum atomic E-state index is 13.2. The maximum Gasteiger partial charge on any atom is 0.168 e. The molecule has 0 saturated heterocycles. The van der Waals surface area contributed by atoms with E-state index in [0.29, 0.717) is 12.8 Å². The summed E-state index contributed by atoms with van der Waals surface area (Å²) in [6.07, 6.45) is 10.3. The van der Waals surface area contributed by atoms with Gasteiger partial charge in [0.05, 0.1) is 11.5 Å². The van der Waals surface area contributed by atoms with Gasteiger partial charge in [0.15, 0.2) is 5.78 Å². The summed E-state index contributed by atoms with van der Waals surface area (Å²) in [4.78, 5) is 15.3. The highest BCUT2D eigenvalue weighted by molar-refractivity contribution is 6.00. The van der Waals surface area contributed by atoms with Crippen LogP contribution in [0.25, 0.3) is 0 Å². The Morgan fingerprint density at radius 1 is 1.20 bits per heavy atom. The molecular formula is C22H29NO2. The molecule has 3 nitrogen and oxygen atoms in total. The van der Waals surface area contributed by atoms with E-state index in [9.17, 15) is 9.90 Å². The first-order valence-corrected chi connectivity index (χ1v) is 9.33. The number of benzene rings is 1. The van der Waals surface area contributed by atoms with E-state index in [-0.39, 0.29) is 11.7 Å². The Labute approximate surface area is 151 Å². The molecule has 0 bridgehead atoms. The molecule has 0 heterocycles. The van der Waals surface area contributed by atoms with E-state index in [1.807, 2.05) is 62.7 Å². The van der Waals surface area contributed by atoms with Crippen molar-refractivity contribution < 1.29 is 9.90 Å². The molecule has 1 fully saturated rings. The highest BCUT2D eigenvalue weighted by atomic mass is 16.3. The number of allylic oxidation sites excluding steroid dienone is 3. The van der Waals surface area contributed by atoms with Crippen LogP contribution in [0.1, 0.15) is 31.2 Å². The molecule has 3 rings (SSSR count). The molecule has 3 atom stereocenters. The van der Waals surface area contributed by atoms with E-state index < -0.39 is 11.5 Å². The minimum atomic E-state index is -0.924. The second-order valence-corrected chi connectivity index (χ2v) is 7.78. The van der Waals surface area contributed by atoms with E-state index in [4.69, 9.17) is 0 Å². The number of hydrogen-bond donors (Lipinski definition) is 1. The lowest BCUT2D eigenvalue weighted by Crippen LogP contribution is -2.53. The molecule has 2 aliphatic carbocycles. The zero-order valence-electron chi connectivity index (χ0n) is 15.3. The number of carbonyl (C=O) groups excluding carboxylic acids is 1. The van der Waals surface area contributed by atoms with Crippen molar-refractivity contribution in [2.75, 3.05) is 20.6 Å². The van der Waals surface area contributed by atoms with Gasteiger partial charge in [-0.3, -0.25) is 4.79 Å². The highest BCUT2D eigenvalue weighted by Gasteiger charge is 2.48. The van der Waals surface area contributed by atoms with Crippen LogP contribution in [0.15, 0.2) is 54.1 Å². The molecule has 2 aliphatic rings. The first-order valence-electron chi connectivity index (χ1n) is 9.33. The SMILES string of the molecule is CN(C)C[C@@H]1CCCC[C@@]1(O)C1C=CC=C(Cc2ccccc2)C1=O. The third kappa shape index (κ3) is 3.94. The van der Waals surface area contributed by atoms with E-state index >= 15 is 0 Å². The molecule has 134 valence electrons. The van der Waals surface area contributed by atoms with Gasteiger partial charge in [0.1, 0.15) is 0 Å². The summed E-state index contributed by atoms with van der Waals surface area (Å²) >= 11 is 0. The number of rotatable bonds is 5. The quantitative estimate of drug-likeness (QED) is 0.894. The summed E-state index contributed by atoms with van der Waals surface area (Å²) in [5, 5.41) is 11.5. The van der Waals surface area contributed by atoms with Crippen molar-refractivity contribution in [1.82, 2.24) is 4.90 Å². The molecule has 1 saturated carbocycles. The fourth-order valence-electron chi connectivity index (χ4n) is 4.36. The average Bonchev–Trinajstić information content (AvgIpc) is 2.59. The van der Waals surface area contributed by atoms with Crippen molar-refractivity contribution in [3.8, 4) is 0 Å². The molecule has 3 heteroatoms. The molecule has 0 radical (unpaired) electrons. The van der Waals surface area contributed by atoms with Crippen LogP contribution in [0.5, 0.6) is 0 Å². The number of nitrogens with zero attached hydrogens (tertiary/aromatic N) is 1. The number of Topliss-reactive ketones (excluding diaryl/α,β-unsaturated/α-hetero) is 1. The Kier molecular flexibility index (Phi) is 5.55. The third-order valence-electron chi connectivity index (χ3n) is 5.65. The number of carbonyl (C=O) groups is 1. The molecule has 0 aliphatic heterocycles. The predicted molar refractivity (Wildman–Crippen MR) is 101 cm³/mol. The lowest BCUT2D eigenvalue weighted by Gasteiger charge is -2.45. The molecule has 1 aromatic rings. The summed E-state index contributed by atoms with van der Waals surface area (Å²) < 4.78 is 0. The van der Waals surface area contributed by atoms with Gasteiger partial charge in [0, 0.05) is 24.5 Å². The lowest BCUT2D eigenvalue weighted by molar-refractivity contribution is -0.135. The van der Waals surface area contributed by atoms with E-state index in [1.165, 1.54) is 0 Å². The first-order chi connectivity index (χ1) is 12.0. The molecule has 1 N–H and O–H groups in total. The summed E-state index contributed by atoms with van der Waals surface area (Å²) in [6.45, 7) is 0.825. The van der Waals surface area contributed by atoms with Gasteiger partial charge in [-0.25, -0.2) is 0 Å². The van der Waals surface area contributed by atoms with Gasteiger partial charge in [0.25, 0.3) is 0 Å². The van der Waals surface area contributed by atoms with Gasteiger partial charge in [0.2, 0.25) is 0 Å². The summed E-state index contributed by atoms with van der Waals surface area (Å²) in [7, 11) is 4.07. The minimum absolute atomic E-state index is 0.0968. The third-order valence-corrected chi connectivity index (χ3v) is 5.65. The Hall–Kier alpha value is -1.71. The molecule has 25 heavy (non-hydrogen) atoms. The zero-order valence-corrected chi connectivity index (χ0v) is 15.3. The molecule has 0 spiro atoms. The van der Waals surface area contributed by atoms with Crippen LogP contribution in [0, 0.1) is 11.8 Å². The summed E-state index contributed by atoms with van der Waals surface area (Å²) in [5.41, 5.74) is 1.02. The number of aliphatic hydroxyl groups is 1. The maximum absolute atomic E-state index is 13.2. The van der Waals surface area contributed by atoms with Gasteiger partial charge in [-0.1, -0.05) is 61.4 Å². The largest absolute Gasteiger partial charge is 0.388 e. The zero-order chi connectivity index (χ0) is 17.9. The smallest absolute Gasteiger partial charge is 0.168 e. The lowest BCUT2D eigenvalue weighted by atomic mass is 9.65. The Balaban J connectivity index is 1.81. The Morgan fingerprint density at radius 3 is 2.68 bits per heavy atom. The predicted octanol–water partition coefficient (Wildman–Crippen LogP) is 3.39. The Bertz CT molecular complexity index is 662. The van der Waals surface area contributed by atoms with Crippen molar-refractivity contribution in [3.63, 3.8) is 0 Å². The van der Waals surface area contributed by atoms with Crippen LogP contribution in [0.3, 0.4) is 0 Å². The fraction of sp³-hybridized carbons (Fsp3) is 0.500. The normalized spacial score (nSPS) is 29.8. The molecule has 1 aromatic carbocycles. The second kappa shape index (κ2) is 7.67. The van der Waals surface area contributed by atoms with Crippen molar-refractivity contribution in [1.29, 1.82) is 0 Å². The molecular weight excluding hydrogens is 310 g/mol. The standard InChI is InChI=1S/C22H29NO2/c1-23(2)16-19-12-6-7-14-22(19,25)20-13-8-11-18(21(20)24)15-17-9-4-3-5-10-17/h3-5,8-11,13,19-20,25H,6-7,12,14-16H2,1-2H3/t19-,20?,22-/m0/s1. The van der Waals surface area contributed by atoms with E-state index in [2.05, 4.69) is 4.90 Å². The van der Waals surface area contributed by atoms with Crippen LogP contribution in [-0.2, 0) is 11.2 Å². The summed E-state index contributed by atoms with van der Waals surface area (Å²) in [5.74, 6) is -0.174. The Morgan fingerprint density at radius 2 is 1.96 bits per heavy atom. The van der Waals surface area contributed by atoms with Crippen LogP contribution in [0.4, 0.5) is 0 Å². The van der Waals surface area contributed by atoms with Gasteiger partial charge >= 0.3 is 0 Å². The van der Waals surface area contributed by atoms with E-state index in [1.54, 1.807) is 0 Å². The van der Waals surface area contributed by atoms with Crippen LogP contribution >= 0.6 is 0 Å². The number of ketones is 1. The summed E-state index contributed by atoms with van der Waals surface area (Å²) in [6, 6.07) is 10.1. The monoisotopic (exact) mass is 339 g/mol. The van der Waals surface area contributed by atoms with E-state index in [0.717, 1.165) is 36.9 Å². The van der Waals surface area contributed by atoms with Gasteiger partial charge in [-0.05, 0) is 32.5 Å². The molecule has 0 amide bonds. The van der Waals surface area contributed by atoms with Crippen molar-refractivity contribution in [2.24, 2.45) is 11.8 Å². The molecule has 0 aromatic heterocycles. The van der Waals surface area contributed by atoms with Crippen molar-refractivity contribution in [2.45, 2.75) is 37.7 Å². The fourth-order valence-corrected chi connectivity index (χ4v) is 4.36.